The van der Waals surface area contributed by atoms with Crippen LogP contribution in [0.15, 0.2) is 0 Å². The Morgan fingerprint density at radius 3 is 1.94 bits per heavy atom. The second-order valence-corrected chi connectivity index (χ2v) is 3.97. The Hall–Kier alpha value is -1.14. The molecule has 0 aliphatic rings. The summed E-state index contributed by atoms with van der Waals surface area (Å²) in [4.78, 5) is 24.8. The van der Waals surface area contributed by atoms with Crippen LogP contribution in [0.1, 0.15) is 26.7 Å². The molecule has 0 aromatic rings. The van der Waals surface area contributed by atoms with E-state index in [2.05, 4.69) is 29.4 Å². The van der Waals surface area contributed by atoms with Crippen molar-refractivity contribution >= 4 is 11.8 Å². The predicted molar refractivity (Wildman–Crippen MR) is 70.1 cm³/mol. The van der Waals surface area contributed by atoms with Gasteiger partial charge in [-0.05, 0) is 32.5 Å². The molecule has 0 aromatic heterocycles. The largest absolute Gasteiger partial charge is 0.396 e. The smallest absolute Gasteiger partial charge is 0.309 e. The van der Waals surface area contributed by atoms with Gasteiger partial charge in [-0.2, -0.15) is 0 Å². The molecule has 0 bridgehead atoms. The Labute approximate surface area is 109 Å². The van der Waals surface area contributed by atoms with E-state index in [1.807, 2.05) is 0 Å². The Bertz CT molecular complexity index is 243. The third-order valence-electron chi connectivity index (χ3n) is 2.66. The van der Waals surface area contributed by atoms with E-state index in [-0.39, 0.29) is 6.61 Å². The molecule has 3 N–H and O–H groups in total. The Morgan fingerprint density at radius 2 is 1.50 bits per heavy atom. The molecule has 0 rings (SSSR count). The summed E-state index contributed by atoms with van der Waals surface area (Å²) < 4.78 is 0. The van der Waals surface area contributed by atoms with Crippen LogP contribution >= 0.6 is 0 Å². The van der Waals surface area contributed by atoms with Crippen LogP contribution < -0.4 is 10.6 Å². The lowest BCUT2D eigenvalue weighted by Crippen LogP contribution is -2.41. The summed E-state index contributed by atoms with van der Waals surface area (Å²) in [7, 11) is 0. The zero-order valence-corrected chi connectivity index (χ0v) is 11.4. The lowest BCUT2D eigenvalue weighted by atomic mass is 10.3. The van der Waals surface area contributed by atoms with Crippen molar-refractivity contribution in [2.75, 3.05) is 39.3 Å². The van der Waals surface area contributed by atoms with Crippen molar-refractivity contribution in [3.8, 4) is 0 Å². The van der Waals surface area contributed by atoms with Crippen LogP contribution in [0.5, 0.6) is 0 Å². The number of nitrogens with zero attached hydrogens (tertiary/aromatic N) is 1. The van der Waals surface area contributed by atoms with Crippen molar-refractivity contribution in [2.45, 2.75) is 26.7 Å². The van der Waals surface area contributed by atoms with Gasteiger partial charge < -0.3 is 20.6 Å². The third kappa shape index (κ3) is 8.03. The van der Waals surface area contributed by atoms with E-state index in [0.29, 0.717) is 19.5 Å². The maximum Gasteiger partial charge on any atom is 0.309 e. The first-order chi connectivity index (χ1) is 8.65. The van der Waals surface area contributed by atoms with Crippen molar-refractivity contribution in [3.63, 3.8) is 0 Å². The van der Waals surface area contributed by atoms with Crippen molar-refractivity contribution < 1.29 is 14.7 Å². The fraction of sp³-hybridized carbons (Fsp3) is 0.833. The van der Waals surface area contributed by atoms with E-state index < -0.39 is 11.8 Å². The van der Waals surface area contributed by atoms with Crippen LogP contribution in [0.25, 0.3) is 0 Å². The maximum absolute atomic E-state index is 11.3. The number of carbonyl (C=O) groups excluding carboxylic acids is 2. The molecule has 0 aromatic carbocycles. The van der Waals surface area contributed by atoms with Crippen molar-refractivity contribution in [1.82, 2.24) is 15.5 Å². The van der Waals surface area contributed by atoms with Gasteiger partial charge in [0.05, 0.1) is 0 Å². The summed E-state index contributed by atoms with van der Waals surface area (Å²) in [5.74, 6) is -1.24. The van der Waals surface area contributed by atoms with Gasteiger partial charge in [0, 0.05) is 19.7 Å². The molecule has 0 saturated carbocycles. The van der Waals surface area contributed by atoms with Gasteiger partial charge in [0.25, 0.3) is 0 Å². The highest BCUT2D eigenvalue weighted by atomic mass is 16.3. The van der Waals surface area contributed by atoms with E-state index >= 15 is 0 Å². The normalized spacial score (nSPS) is 10.4. The van der Waals surface area contributed by atoms with E-state index in [0.717, 1.165) is 26.1 Å². The van der Waals surface area contributed by atoms with E-state index in [4.69, 9.17) is 5.11 Å². The molecule has 0 atom stereocenters. The molecule has 18 heavy (non-hydrogen) atoms. The van der Waals surface area contributed by atoms with Crippen LogP contribution in [0.3, 0.4) is 0 Å². The Kier molecular flexibility index (Phi) is 10.3. The average Bonchev–Trinajstić information content (AvgIpc) is 2.38. The Morgan fingerprint density at radius 1 is 1.00 bits per heavy atom. The monoisotopic (exact) mass is 259 g/mol. The molecule has 0 unspecified atom stereocenters. The fourth-order valence-corrected chi connectivity index (χ4v) is 1.49. The predicted octanol–water partition coefficient (Wildman–Crippen LogP) is -0.667. The number of aliphatic hydroxyl groups is 1. The molecule has 6 heteroatoms. The minimum absolute atomic E-state index is 0.00572. The molecule has 2 amide bonds. The molecular weight excluding hydrogens is 234 g/mol. The van der Waals surface area contributed by atoms with Gasteiger partial charge in [0.15, 0.2) is 0 Å². The minimum atomic E-state index is -0.633. The first-order valence-electron chi connectivity index (χ1n) is 6.54. The SMILES string of the molecule is CCN(CC)CCCNC(=O)C(=O)NCCCO. The average molecular weight is 259 g/mol. The number of aliphatic hydroxyl groups excluding tert-OH is 1. The number of amides is 2. The molecule has 0 radical (unpaired) electrons. The van der Waals surface area contributed by atoms with Crippen molar-refractivity contribution in [3.05, 3.63) is 0 Å². The van der Waals surface area contributed by atoms with Crippen LogP contribution in [0.2, 0.25) is 0 Å². The van der Waals surface area contributed by atoms with Gasteiger partial charge in [0.2, 0.25) is 0 Å². The summed E-state index contributed by atoms with van der Waals surface area (Å²) >= 11 is 0. The maximum atomic E-state index is 11.3. The van der Waals surface area contributed by atoms with Gasteiger partial charge in [-0.25, -0.2) is 0 Å². The molecule has 106 valence electrons. The highest BCUT2D eigenvalue weighted by Crippen LogP contribution is 1.89. The quantitative estimate of drug-likeness (QED) is 0.379. The fourth-order valence-electron chi connectivity index (χ4n) is 1.49. The van der Waals surface area contributed by atoms with E-state index in [1.54, 1.807) is 0 Å². The van der Waals surface area contributed by atoms with Crippen LogP contribution in [-0.2, 0) is 9.59 Å². The molecule has 6 nitrogen and oxygen atoms in total. The zero-order chi connectivity index (χ0) is 13.8. The molecule has 0 fully saturated rings. The van der Waals surface area contributed by atoms with Crippen LogP contribution in [-0.4, -0.2) is 61.2 Å². The Balaban J connectivity index is 3.60. The van der Waals surface area contributed by atoms with Gasteiger partial charge in [-0.1, -0.05) is 13.8 Å². The number of nitrogens with one attached hydrogen (secondary N) is 2. The summed E-state index contributed by atoms with van der Waals surface area (Å²) in [6, 6.07) is 0. The summed E-state index contributed by atoms with van der Waals surface area (Å²) in [5, 5.41) is 13.5. The molecular formula is C12H25N3O3. The molecule has 0 spiro atoms. The highest BCUT2D eigenvalue weighted by Gasteiger charge is 2.11. The van der Waals surface area contributed by atoms with Gasteiger partial charge >= 0.3 is 11.8 Å². The van der Waals surface area contributed by atoms with Crippen molar-refractivity contribution in [2.24, 2.45) is 0 Å². The molecule has 0 heterocycles. The third-order valence-corrected chi connectivity index (χ3v) is 2.66. The lowest BCUT2D eigenvalue weighted by Gasteiger charge is -2.17. The number of hydrogen-bond acceptors (Lipinski definition) is 4. The van der Waals surface area contributed by atoms with E-state index in [1.165, 1.54) is 0 Å². The highest BCUT2D eigenvalue weighted by molar-refractivity contribution is 6.35. The minimum Gasteiger partial charge on any atom is -0.396 e. The van der Waals surface area contributed by atoms with Crippen LogP contribution in [0, 0.1) is 0 Å². The summed E-state index contributed by atoms with van der Waals surface area (Å²) in [5.41, 5.74) is 0. The molecule has 0 aliphatic carbocycles. The standard InChI is InChI=1S/C12H25N3O3/c1-3-15(4-2)9-5-7-13-11(17)12(18)14-8-6-10-16/h16H,3-10H2,1-2H3,(H,13,17)(H,14,18). The first kappa shape index (κ1) is 16.9. The summed E-state index contributed by atoms with van der Waals surface area (Å²) in [6.45, 7) is 7.92. The number of carbonyl (C=O) groups is 2. The van der Waals surface area contributed by atoms with Gasteiger partial charge in [-0.15, -0.1) is 0 Å². The second-order valence-electron chi connectivity index (χ2n) is 3.97. The van der Waals surface area contributed by atoms with Crippen molar-refractivity contribution in [1.29, 1.82) is 0 Å². The van der Waals surface area contributed by atoms with E-state index in [9.17, 15) is 9.59 Å². The van der Waals surface area contributed by atoms with Crippen LogP contribution in [0.4, 0.5) is 0 Å². The second kappa shape index (κ2) is 11.0. The number of hydrogen-bond donors (Lipinski definition) is 3. The van der Waals surface area contributed by atoms with Gasteiger partial charge in [0.1, 0.15) is 0 Å². The lowest BCUT2D eigenvalue weighted by molar-refractivity contribution is -0.139. The number of rotatable bonds is 9. The molecule has 0 saturated heterocycles. The zero-order valence-electron chi connectivity index (χ0n) is 11.4. The first-order valence-corrected chi connectivity index (χ1v) is 6.54. The topological polar surface area (TPSA) is 81.7 Å². The molecule has 0 aliphatic heterocycles. The summed E-state index contributed by atoms with van der Waals surface area (Å²) in [6.07, 6.45) is 1.29. The van der Waals surface area contributed by atoms with Gasteiger partial charge in [-0.3, -0.25) is 9.59 Å².